The Morgan fingerprint density at radius 1 is 1.20 bits per heavy atom. The average Bonchev–Trinajstić information content (AvgIpc) is 3.03. The molecule has 5 heteroatoms. The van der Waals surface area contributed by atoms with Crippen molar-refractivity contribution in [2.75, 3.05) is 13.1 Å². The first-order valence-corrected chi connectivity index (χ1v) is 7.72. The van der Waals surface area contributed by atoms with E-state index in [0.717, 1.165) is 19.3 Å². The van der Waals surface area contributed by atoms with Gasteiger partial charge in [-0.25, -0.2) is 9.59 Å². The lowest BCUT2D eigenvalue weighted by atomic mass is 9.89. The summed E-state index contributed by atoms with van der Waals surface area (Å²) in [5.41, 5.74) is -0.811. The predicted molar refractivity (Wildman–Crippen MR) is 76.6 cm³/mol. The maximum Gasteiger partial charge on any atom is 0.329 e. The van der Waals surface area contributed by atoms with E-state index < -0.39 is 11.5 Å². The van der Waals surface area contributed by atoms with Crippen LogP contribution in [0.15, 0.2) is 0 Å². The van der Waals surface area contributed by atoms with E-state index in [2.05, 4.69) is 12.2 Å². The van der Waals surface area contributed by atoms with Crippen LogP contribution in [-0.2, 0) is 4.79 Å². The second-order valence-electron chi connectivity index (χ2n) is 6.62. The van der Waals surface area contributed by atoms with E-state index in [9.17, 15) is 14.7 Å². The number of carbonyl (C=O) groups excluding carboxylic acids is 1. The van der Waals surface area contributed by atoms with Crippen LogP contribution in [-0.4, -0.2) is 40.6 Å². The van der Waals surface area contributed by atoms with Crippen molar-refractivity contribution in [2.45, 2.75) is 64.3 Å². The number of hydrogen-bond donors (Lipinski definition) is 2. The third kappa shape index (κ3) is 2.63. The van der Waals surface area contributed by atoms with Crippen molar-refractivity contribution < 1.29 is 14.7 Å². The molecule has 1 aliphatic heterocycles. The third-order valence-electron chi connectivity index (χ3n) is 5.19. The van der Waals surface area contributed by atoms with Crippen LogP contribution in [0.2, 0.25) is 0 Å². The molecule has 1 heterocycles. The Hall–Kier alpha value is -1.26. The molecule has 2 amide bonds. The van der Waals surface area contributed by atoms with Crippen molar-refractivity contribution in [1.29, 1.82) is 0 Å². The van der Waals surface area contributed by atoms with E-state index in [-0.39, 0.29) is 11.4 Å². The Morgan fingerprint density at radius 2 is 1.85 bits per heavy atom. The van der Waals surface area contributed by atoms with Gasteiger partial charge in [-0.3, -0.25) is 0 Å². The molecular weight excluding hydrogens is 256 g/mol. The molecule has 1 saturated carbocycles. The number of urea groups is 1. The number of carboxylic acids is 1. The average molecular weight is 282 g/mol. The summed E-state index contributed by atoms with van der Waals surface area (Å²) in [5.74, 6) is -0.875. The van der Waals surface area contributed by atoms with Gasteiger partial charge in [-0.2, -0.15) is 0 Å². The Bertz CT molecular complexity index is 391. The smallest absolute Gasteiger partial charge is 0.329 e. The standard InChI is InChI=1S/C15H26N2O3/c1-3-15(12(18)19)9-6-10-17(15)13(20)16-11-14(2)7-4-5-8-14/h3-11H2,1-2H3,(H,16,20)(H,18,19). The zero-order valence-electron chi connectivity index (χ0n) is 12.6. The molecule has 1 atom stereocenters. The highest BCUT2D eigenvalue weighted by Gasteiger charge is 2.48. The molecule has 2 aliphatic rings. The van der Waals surface area contributed by atoms with Crippen LogP contribution in [0, 0.1) is 5.41 Å². The van der Waals surface area contributed by atoms with Crippen LogP contribution < -0.4 is 5.32 Å². The third-order valence-corrected chi connectivity index (χ3v) is 5.19. The SMILES string of the molecule is CCC1(C(=O)O)CCCN1C(=O)NCC1(C)CCCC1. The highest BCUT2D eigenvalue weighted by atomic mass is 16.4. The molecule has 0 aromatic rings. The molecule has 0 aromatic carbocycles. The van der Waals surface area contributed by atoms with E-state index in [1.165, 1.54) is 17.7 Å². The Morgan fingerprint density at radius 3 is 2.40 bits per heavy atom. The number of likely N-dealkylation sites (tertiary alicyclic amines) is 1. The van der Waals surface area contributed by atoms with Crippen molar-refractivity contribution >= 4 is 12.0 Å². The maximum atomic E-state index is 12.4. The summed E-state index contributed by atoms with van der Waals surface area (Å²) in [6.07, 6.45) is 6.53. The quantitative estimate of drug-likeness (QED) is 0.832. The molecule has 2 rings (SSSR count). The number of rotatable bonds is 4. The lowest BCUT2D eigenvalue weighted by Crippen LogP contribution is -2.56. The summed E-state index contributed by atoms with van der Waals surface area (Å²) in [7, 11) is 0. The molecule has 2 N–H and O–H groups in total. The van der Waals surface area contributed by atoms with Gasteiger partial charge in [0.25, 0.3) is 0 Å². The van der Waals surface area contributed by atoms with Crippen LogP contribution in [0.4, 0.5) is 4.79 Å². The number of hydrogen-bond acceptors (Lipinski definition) is 2. The molecule has 0 aromatic heterocycles. The van der Waals surface area contributed by atoms with Crippen molar-refractivity contribution in [3.63, 3.8) is 0 Å². The van der Waals surface area contributed by atoms with Gasteiger partial charge in [0.05, 0.1) is 0 Å². The van der Waals surface area contributed by atoms with E-state index in [1.807, 2.05) is 6.92 Å². The van der Waals surface area contributed by atoms with Crippen molar-refractivity contribution in [3.05, 3.63) is 0 Å². The normalized spacial score (nSPS) is 28.6. The Labute approximate surface area is 120 Å². The van der Waals surface area contributed by atoms with Crippen LogP contribution in [0.25, 0.3) is 0 Å². The fourth-order valence-electron chi connectivity index (χ4n) is 3.71. The summed E-state index contributed by atoms with van der Waals surface area (Å²) in [5, 5.41) is 12.5. The van der Waals surface area contributed by atoms with E-state index in [1.54, 1.807) is 0 Å². The molecule has 1 unspecified atom stereocenters. The topological polar surface area (TPSA) is 69.6 Å². The minimum absolute atomic E-state index is 0.188. The van der Waals surface area contributed by atoms with Gasteiger partial charge in [0.15, 0.2) is 0 Å². The second kappa shape index (κ2) is 5.62. The van der Waals surface area contributed by atoms with E-state index >= 15 is 0 Å². The second-order valence-corrected chi connectivity index (χ2v) is 6.62. The van der Waals surface area contributed by atoms with Crippen LogP contribution in [0.1, 0.15) is 58.8 Å². The first kappa shape index (κ1) is 15.1. The number of nitrogens with one attached hydrogen (secondary N) is 1. The van der Waals surface area contributed by atoms with Gasteiger partial charge >= 0.3 is 12.0 Å². The summed E-state index contributed by atoms with van der Waals surface area (Å²) in [4.78, 5) is 25.5. The summed E-state index contributed by atoms with van der Waals surface area (Å²) >= 11 is 0. The van der Waals surface area contributed by atoms with Crippen molar-refractivity contribution in [2.24, 2.45) is 5.41 Å². The molecule has 1 aliphatic carbocycles. The lowest BCUT2D eigenvalue weighted by molar-refractivity contribution is -0.148. The summed E-state index contributed by atoms with van der Waals surface area (Å²) in [6.45, 7) is 5.25. The molecule has 5 nitrogen and oxygen atoms in total. The predicted octanol–water partition coefficient (Wildman–Crippen LogP) is 2.61. The highest BCUT2D eigenvalue weighted by molar-refractivity contribution is 5.87. The Kier molecular flexibility index (Phi) is 4.25. The van der Waals surface area contributed by atoms with Crippen LogP contribution >= 0.6 is 0 Å². The van der Waals surface area contributed by atoms with E-state index in [0.29, 0.717) is 25.9 Å². The fraction of sp³-hybridized carbons (Fsp3) is 0.867. The number of carboxylic acid groups (broad SMARTS) is 1. The van der Waals surface area contributed by atoms with Crippen LogP contribution in [0.5, 0.6) is 0 Å². The monoisotopic (exact) mass is 282 g/mol. The summed E-state index contributed by atoms with van der Waals surface area (Å²) in [6, 6.07) is -0.208. The highest BCUT2D eigenvalue weighted by Crippen LogP contribution is 2.37. The lowest BCUT2D eigenvalue weighted by Gasteiger charge is -2.35. The van der Waals surface area contributed by atoms with Gasteiger partial charge in [-0.1, -0.05) is 26.7 Å². The number of amides is 2. The molecule has 0 radical (unpaired) electrons. The van der Waals surface area contributed by atoms with E-state index in [4.69, 9.17) is 0 Å². The zero-order chi connectivity index (χ0) is 14.8. The summed E-state index contributed by atoms with van der Waals surface area (Å²) < 4.78 is 0. The zero-order valence-corrected chi connectivity index (χ0v) is 12.6. The largest absolute Gasteiger partial charge is 0.479 e. The van der Waals surface area contributed by atoms with Crippen molar-refractivity contribution in [3.8, 4) is 0 Å². The molecule has 2 fully saturated rings. The van der Waals surface area contributed by atoms with Gasteiger partial charge < -0.3 is 15.3 Å². The molecule has 114 valence electrons. The van der Waals surface area contributed by atoms with Gasteiger partial charge in [0, 0.05) is 13.1 Å². The number of aliphatic carboxylic acids is 1. The van der Waals surface area contributed by atoms with Gasteiger partial charge in [-0.05, 0) is 37.5 Å². The maximum absolute atomic E-state index is 12.4. The number of nitrogens with zero attached hydrogens (tertiary/aromatic N) is 1. The molecule has 1 saturated heterocycles. The van der Waals surface area contributed by atoms with Gasteiger partial charge in [0.1, 0.15) is 5.54 Å². The van der Waals surface area contributed by atoms with Crippen molar-refractivity contribution in [1.82, 2.24) is 10.2 Å². The minimum atomic E-state index is -0.999. The van der Waals surface area contributed by atoms with Gasteiger partial charge in [0.2, 0.25) is 0 Å². The Balaban J connectivity index is 1.99. The van der Waals surface area contributed by atoms with Crippen LogP contribution in [0.3, 0.4) is 0 Å². The molecule has 0 spiro atoms. The fourth-order valence-corrected chi connectivity index (χ4v) is 3.71. The van der Waals surface area contributed by atoms with Gasteiger partial charge in [-0.15, -0.1) is 0 Å². The number of carbonyl (C=O) groups is 2. The first-order valence-electron chi connectivity index (χ1n) is 7.72. The molecule has 20 heavy (non-hydrogen) atoms. The first-order chi connectivity index (χ1) is 9.43. The minimum Gasteiger partial charge on any atom is -0.479 e. The molecule has 0 bridgehead atoms. The molecular formula is C15H26N2O3.